The number of para-hydroxylation sites is 2. The molecule has 2 aromatic rings. The maximum Gasteiger partial charge on any atom is 0.258 e. The Kier molecular flexibility index (Phi) is 3.00. The predicted molar refractivity (Wildman–Crippen MR) is 76.6 cm³/mol. The van der Waals surface area contributed by atoms with Crippen LogP contribution in [0.3, 0.4) is 0 Å². The number of carbonyl (C=O) groups excluding carboxylic acids is 2. The Bertz CT molecular complexity index is 668. The van der Waals surface area contributed by atoms with Gasteiger partial charge >= 0.3 is 0 Å². The van der Waals surface area contributed by atoms with Crippen molar-refractivity contribution in [2.45, 2.75) is 0 Å². The molecular formula is C13H9ClN2O2S. The van der Waals surface area contributed by atoms with Crippen LogP contribution in [0.4, 0.5) is 17.1 Å². The standard InChI is InChI=1S/C13H9ClN2O2S/c14-5-12(17)16-10-4-2-1-3-9(10)15-13(18)8-6-19-7-11(8)16/h1-4,6-7H,5H2,(H,15,18). The van der Waals surface area contributed by atoms with Crippen molar-refractivity contribution in [1.29, 1.82) is 0 Å². The predicted octanol–water partition coefficient (Wildman–Crippen LogP) is 3.22. The molecule has 1 aromatic heterocycles. The summed E-state index contributed by atoms with van der Waals surface area (Å²) in [6, 6.07) is 7.17. The number of amides is 2. The maximum absolute atomic E-state index is 12.1. The molecule has 4 nitrogen and oxygen atoms in total. The molecule has 2 heterocycles. The van der Waals surface area contributed by atoms with Gasteiger partial charge in [0.2, 0.25) is 5.91 Å². The van der Waals surface area contributed by atoms with Gasteiger partial charge in [0.15, 0.2) is 0 Å². The summed E-state index contributed by atoms with van der Waals surface area (Å²) in [5.41, 5.74) is 2.31. The Morgan fingerprint density at radius 2 is 2.05 bits per heavy atom. The Morgan fingerprint density at radius 3 is 2.84 bits per heavy atom. The van der Waals surface area contributed by atoms with Gasteiger partial charge in [-0.15, -0.1) is 22.9 Å². The molecule has 0 saturated heterocycles. The molecule has 6 heteroatoms. The molecule has 0 saturated carbocycles. The Balaban J connectivity index is 2.26. The summed E-state index contributed by atoms with van der Waals surface area (Å²) in [5, 5.41) is 6.31. The molecule has 0 radical (unpaired) electrons. The first-order valence-electron chi connectivity index (χ1n) is 5.58. The molecule has 1 aliphatic heterocycles. The zero-order valence-corrected chi connectivity index (χ0v) is 11.3. The van der Waals surface area contributed by atoms with Crippen molar-refractivity contribution in [3.63, 3.8) is 0 Å². The molecule has 1 aliphatic rings. The van der Waals surface area contributed by atoms with Gasteiger partial charge in [0, 0.05) is 10.8 Å². The highest BCUT2D eigenvalue weighted by Gasteiger charge is 2.29. The molecule has 0 atom stereocenters. The lowest BCUT2D eigenvalue weighted by Gasteiger charge is -2.21. The monoisotopic (exact) mass is 292 g/mol. The Hall–Kier alpha value is -1.85. The van der Waals surface area contributed by atoms with Gasteiger partial charge in [-0.2, -0.15) is 0 Å². The fourth-order valence-corrected chi connectivity index (χ4v) is 2.97. The van der Waals surface area contributed by atoms with E-state index in [2.05, 4.69) is 5.32 Å². The molecule has 1 N–H and O–H groups in total. The summed E-state index contributed by atoms with van der Waals surface area (Å²) in [6.45, 7) is 0. The SMILES string of the molecule is O=C1Nc2ccccc2N(C(=O)CCl)c2cscc21. The number of benzene rings is 1. The van der Waals surface area contributed by atoms with Gasteiger partial charge in [-0.25, -0.2) is 0 Å². The van der Waals surface area contributed by atoms with Crippen LogP contribution in [0, 0.1) is 0 Å². The maximum atomic E-state index is 12.1. The molecule has 0 fully saturated rings. The van der Waals surface area contributed by atoms with Crippen molar-refractivity contribution in [3.8, 4) is 0 Å². The lowest BCUT2D eigenvalue weighted by Crippen LogP contribution is -2.26. The first-order chi connectivity index (χ1) is 9.22. The van der Waals surface area contributed by atoms with Crippen LogP contribution < -0.4 is 10.2 Å². The molecule has 0 bridgehead atoms. The number of rotatable bonds is 1. The van der Waals surface area contributed by atoms with Crippen LogP contribution in [-0.4, -0.2) is 17.7 Å². The third-order valence-electron chi connectivity index (χ3n) is 2.88. The van der Waals surface area contributed by atoms with E-state index in [4.69, 9.17) is 11.6 Å². The molecule has 1 aromatic carbocycles. The highest BCUT2D eigenvalue weighted by atomic mass is 35.5. The van der Waals surface area contributed by atoms with Crippen molar-refractivity contribution >= 4 is 51.8 Å². The summed E-state index contributed by atoms with van der Waals surface area (Å²) in [4.78, 5) is 25.7. The summed E-state index contributed by atoms with van der Waals surface area (Å²) in [7, 11) is 0. The second kappa shape index (κ2) is 4.68. The highest BCUT2D eigenvalue weighted by molar-refractivity contribution is 7.08. The number of halogens is 1. The van der Waals surface area contributed by atoms with E-state index in [1.54, 1.807) is 29.0 Å². The van der Waals surface area contributed by atoms with Gasteiger partial charge in [-0.1, -0.05) is 12.1 Å². The third-order valence-corrected chi connectivity index (χ3v) is 3.84. The van der Waals surface area contributed by atoms with Crippen LogP contribution in [0.2, 0.25) is 0 Å². The number of nitrogens with zero attached hydrogens (tertiary/aromatic N) is 1. The van der Waals surface area contributed by atoms with E-state index in [1.165, 1.54) is 16.2 Å². The van der Waals surface area contributed by atoms with Crippen LogP contribution in [0.1, 0.15) is 10.4 Å². The number of alkyl halides is 1. The zero-order valence-electron chi connectivity index (χ0n) is 9.72. The average Bonchev–Trinajstić information content (AvgIpc) is 2.86. The number of hydrogen-bond acceptors (Lipinski definition) is 3. The minimum atomic E-state index is -0.259. The molecule has 96 valence electrons. The minimum Gasteiger partial charge on any atom is -0.320 e. The average molecular weight is 293 g/mol. The Morgan fingerprint density at radius 1 is 1.26 bits per heavy atom. The third kappa shape index (κ3) is 1.91. The fraction of sp³-hybridized carbons (Fsp3) is 0.0769. The van der Waals surface area contributed by atoms with Gasteiger partial charge < -0.3 is 5.32 Å². The smallest absolute Gasteiger partial charge is 0.258 e. The molecule has 0 aliphatic carbocycles. The number of anilines is 3. The van der Waals surface area contributed by atoms with Gasteiger partial charge in [-0.3, -0.25) is 14.5 Å². The van der Waals surface area contributed by atoms with Crippen molar-refractivity contribution in [2.75, 3.05) is 16.1 Å². The highest BCUT2D eigenvalue weighted by Crippen LogP contribution is 2.39. The second-order valence-electron chi connectivity index (χ2n) is 4.00. The van der Waals surface area contributed by atoms with E-state index >= 15 is 0 Å². The van der Waals surface area contributed by atoms with E-state index in [0.717, 1.165) is 0 Å². The van der Waals surface area contributed by atoms with Crippen molar-refractivity contribution in [3.05, 3.63) is 40.6 Å². The van der Waals surface area contributed by atoms with Crippen LogP contribution in [0.15, 0.2) is 35.0 Å². The fourth-order valence-electron chi connectivity index (χ4n) is 2.06. The van der Waals surface area contributed by atoms with Crippen molar-refractivity contribution in [1.82, 2.24) is 0 Å². The topological polar surface area (TPSA) is 49.4 Å². The summed E-state index contributed by atoms with van der Waals surface area (Å²) in [6.07, 6.45) is 0. The quantitative estimate of drug-likeness (QED) is 0.821. The minimum absolute atomic E-state index is 0.141. The molecule has 0 spiro atoms. The van der Waals surface area contributed by atoms with E-state index < -0.39 is 0 Å². The van der Waals surface area contributed by atoms with E-state index in [1.807, 2.05) is 6.07 Å². The van der Waals surface area contributed by atoms with Crippen molar-refractivity contribution < 1.29 is 9.59 Å². The van der Waals surface area contributed by atoms with Crippen LogP contribution in [-0.2, 0) is 4.79 Å². The normalized spacial score (nSPS) is 13.3. The zero-order chi connectivity index (χ0) is 13.4. The van der Waals surface area contributed by atoms with E-state index in [9.17, 15) is 9.59 Å². The Labute approximate surface area is 118 Å². The lowest BCUT2D eigenvalue weighted by molar-refractivity contribution is -0.115. The van der Waals surface area contributed by atoms with Gasteiger partial charge in [0.1, 0.15) is 5.88 Å². The number of nitrogens with one attached hydrogen (secondary N) is 1. The van der Waals surface area contributed by atoms with E-state index in [0.29, 0.717) is 22.6 Å². The number of thiophene rings is 1. The van der Waals surface area contributed by atoms with Crippen molar-refractivity contribution in [2.24, 2.45) is 0 Å². The van der Waals surface area contributed by atoms with Crippen LogP contribution in [0.25, 0.3) is 0 Å². The molecule has 0 unspecified atom stereocenters. The van der Waals surface area contributed by atoms with Gasteiger partial charge in [0.05, 0.1) is 22.6 Å². The largest absolute Gasteiger partial charge is 0.320 e. The van der Waals surface area contributed by atoms with Gasteiger partial charge in [-0.05, 0) is 12.1 Å². The molecule has 3 rings (SSSR count). The van der Waals surface area contributed by atoms with Crippen LogP contribution in [0.5, 0.6) is 0 Å². The van der Waals surface area contributed by atoms with Crippen LogP contribution >= 0.6 is 22.9 Å². The summed E-state index contributed by atoms with van der Waals surface area (Å²) >= 11 is 7.06. The van der Waals surface area contributed by atoms with E-state index in [-0.39, 0.29) is 17.7 Å². The first-order valence-corrected chi connectivity index (χ1v) is 7.05. The number of hydrogen-bond donors (Lipinski definition) is 1. The first kappa shape index (κ1) is 12.2. The summed E-state index contributed by atoms with van der Waals surface area (Å²) < 4.78 is 0. The number of fused-ring (bicyclic) bond motifs is 2. The second-order valence-corrected chi connectivity index (χ2v) is 5.02. The molecule has 2 amide bonds. The lowest BCUT2D eigenvalue weighted by atomic mass is 10.2. The number of carbonyl (C=O) groups is 2. The molecular weight excluding hydrogens is 284 g/mol. The summed E-state index contributed by atoms with van der Waals surface area (Å²) in [5.74, 6) is -0.614. The van der Waals surface area contributed by atoms with Gasteiger partial charge in [0.25, 0.3) is 5.91 Å². The molecule has 19 heavy (non-hydrogen) atoms.